The molecule has 6 nitrogen and oxygen atoms in total. The summed E-state index contributed by atoms with van der Waals surface area (Å²) < 4.78 is 5.47. The van der Waals surface area contributed by atoms with Gasteiger partial charge >= 0.3 is 0 Å². The molecule has 0 fully saturated rings. The summed E-state index contributed by atoms with van der Waals surface area (Å²) in [5.41, 5.74) is 1.27. The van der Waals surface area contributed by atoms with E-state index < -0.39 is 0 Å². The Morgan fingerprint density at radius 1 is 1.42 bits per heavy atom. The number of ether oxygens (including phenoxy) is 1. The van der Waals surface area contributed by atoms with Gasteiger partial charge in [-0.1, -0.05) is 0 Å². The zero-order chi connectivity index (χ0) is 14.1. The first-order valence-electron chi connectivity index (χ1n) is 6.28. The fourth-order valence-corrected chi connectivity index (χ4v) is 1.41. The van der Waals surface area contributed by atoms with Gasteiger partial charge < -0.3 is 20.3 Å². The molecule has 0 spiro atoms. The van der Waals surface area contributed by atoms with E-state index in [1.807, 2.05) is 20.2 Å². The summed E-state index contributed by atoms with van der Waals surface area (Å²) in [6.45, 7) is 2.96. The Bertz CT molecular complexity index is 396. The highest BCUT2D eigenvalue weighted by molar-refractivity contribution is 5.92. The highest BCUT2D eigenvalue weighted by Crippen LogP contribution is 2.07. The molecule has 0 aliphatic carbocycles. The van der Waals surface area contributed by atoms with Crippen LogP contribution in [0, 0.1) is 0 Å². The standard InChI is InChI=1S/C13H22N4O2/c1-14-13(18)12-10-11(4-5-16-12)15-6-8-19-9-7-17(2)3/h4-5,10H,6-9H2,1-3H3,(H,14,18)(H,15,16). The second kappa shape index (κ2) is 8.44. The molecule has 0 unspecified atom stereocenters. The molecule has 0 aliphatic rings. The van der Waals surface area contributed by atoms with Gasteiger partial charge in [-0.25, -0.2) is 0 Å². The van der Waals surface area contributed by atoms with E-state index in [0.29, 0.717) is 25.5 Å². The van der Waals surface area contributed by atoms with Crippen LogP contribution in [-0.2, 0) is 4.74 Å². The quantitative estimate of drug-likeness (QED) is 0.668. The second-order valence-electron chi connectivity index (χ2n) is 4.35. The van der Waals surface area contributed by atoms with Crippen LogP contribution in [0.2, 0.25) is 0 Å². The summed E-state index contributed by atoms with van der Waals surface area (Å²) in [5, 5.41) is 5.74. The lowest BCUT2D eigenvalue weighted by Crippen LogP contribution is -2.20. The average molecular weight is 266 g/mol. The van der Waals surface area contributed by atoms with Gasteiger partial charge in [0.1, 0.15) is 5.69 Å². The van der Waals surface area contributed by atoms with Crippen molar-refractivity contribution in [2.24, 2.45) is 0 Å². The number of pyridine rings is 1. The van der Waals surface area contributed by atoms with E-state index >= 15 is 0 Å². The van der Waals surface area contributed by atoms with E-state index in [2.05, 4.69) is 20.5 Å². The van der Waals surface area contributed by atoms with E-state index in [0.717, 1.165) is 12.2 Å². The average Bonchev–Trinajstić information content (AvgIpc) is 2.41. The van der Waals surface area contributed by atoms with Crippen LogP contribution in [0.5, 0.6) is 0 Å². The number of hydrogen-bond donors (Lipinski definition) is 2. The lowest BCUT2D eigenvalue weighted by molar-refractivity contribution is 0.0958. The number of anilines is 1. The highest BCUT2D eigenvalue weighted by Gasteiger charge is 2.04. The van der Waals surface area contributed by atoms with Crippen LogP contribution in [0.4, 0.5) is 5.69 Å². The molecule has 1 heterocycles. The van der Waals surface area contributed by atoms with Crippen LogP contribution in [0.1, 0.15) is 10.5 Å². The highest BCUT2D eigenvalue weighted by atomic mass is 16.5. The van der Waals surface area contributed by atoms with Crippen molar-refractivity contribution in [3.8, 4) is 0 Å². The van der Waals surface area contributed by atoms with E-state index in [1.165, 1.54) is 0 Å². The third kappa shape index (κ3) is 6.17. The van der Waals surface area contributed by atoms with Gasteiger partial charge in [0.2, 0.25) is 0 Å². The van der Waals surface area contributed by atoms with Crippen molar-refractivity contribution in [2.75, 3.05) is 52.8 Å². The molecular weight excluding hydrogens is 244 g/mol. The fraction of sp³-hybridized carbons (Fsp3) is 0.538. The van der Waals surface area contributed by atoms with Crippen LogP contribution in [0.15, 0.2) is 18.3 Å². The van der Waals surface area contributed by atoms with Crippen molar-refractivity contribution in [3.63, 3.8) is 0 Å². The monoisotopic (exact) mass is 266 g/mol. The number of rotatable bonds is 8. The van der Waals surface area contributed by atoms with Crippen LogP contribution >= 0.6 is 0 Å². The Balaban J connectivity index is 2.27. The van der Waals surface area contributed by atoms with Crippen molar-refractivity contribution >= 4 is 11.6 Å². The minimum Gasteiger partial charge on any atom is -0.383 e. The summed E-state index contributed by atoms with van der Waals surface area (Å²) in [4.78, 5) is 17.5. The molecule has 19 heavy (non-hydrogen) atoms. The number of amides is 1. The van der Waals surface area contributed by atoms with Crippen molar-refractivity contribution in [1.82, 2.24) is 15.2 Å². The zero-order valence-electron chi connectivity index (χ0n) is 11.8. The largest absolute Gasteiger partial charge is 0.383 e. The number of hydrogen-bond acceptors (Lipinski definition) is 5. The molecular formula is C13H22N4O2. The fourth-order valence-electron chi connectivity index (χ4n) is 1.41. The molecule has 106 valence electrons. The Kier molecular flexibility index (Phi) is 6.84. The number of nitrogens with zero attached hydrogens (tertiary/aromatic N) is 2. The third-order valence-electron chi connectivity index (χ3n) is 2.48. The molecule has 0 saturated heterocycles. The van der Waals surface area contributed by atoms with E-state index in [1.54, 1.807) is 19.3 Å². The molecule has 0 aliphatic heterocycles. The summed E-state index contributed by atoms with van der Waals surface area (Å²) in [5.74, 6) is -0.189. The van der Waals surface area contributed by atoms with Gasteiger partial charge in [0.25, 0.3) is 5.91 Å². The lowest BCUT2D eigenvalue weighted by Gasteiger charge is -2.11. The Hall–Kier alpha value is -1.66. The predicted molar refractivity (Wildman–Crippen MR) is 75.5 cm³/mol. The normalized spacial score (nSPS) is 10.5. The number of nitrogens with one attached hydrogen (secondary N) is 2. The third-order valence-corrected chi connectivity index (χ3v) is 2.48. The molecule has 2 N–H and O–H groups in total. The van der Waals surface area contributed by atoms with E-state index in [4.69, 9.17) is 4.74 Å². The van der Waals surface area contributed by atoms with Gasteiger partial charge in [-0.05, 0) is 26.2 Å². The van der Waals surface area contributed by atoms with Gasteiger partial charge in [0.15, 0.2) is 0 Å². The molecule has 1 rings (SSSR count). The molecule has 6 heteroatoms. The summed E-state index contributed by atoms with van der Waals surface area (Å²) >= 11 is 0. The van der Waals surface area contributed by atoms with Gasteiger partial charge in [-0.2, -0.15) is 0 Å². The van der Waals surface area contributed by atoms with Gasteiger partial charge in [0, 0.05) is 32.0 Å². The molecule has 1 aromatic rings. The maximum absolute atomic E-state index is 11.4. The van der Waals surface area contributed by atoms with Crippen molar-refractivity contribution in [1.29, 1.82) is 0 Å². The van der Waals surface area contributed by atoms with Crippen LogP contribution in [0.25, 0.3) is 0 Å². The minimum atomic E-state index is -0.189. The van der Waals surface area contributed by atoms with Crippen molar-refractivity contribution in [3.05, 3.63) is 24.0 Å². The van der Waals surface area contributed by atoms with Crippen molar-refractivity contribution in [2.45, 2.75) is 0 Å². The first-order chi connectivity index (χ1) is 9.13. The first kappa shape index (κ1) is 15.4. The molecule has 0 saturated carbocycles. The van der Waals surface area contributed by atoms with Gasteiger partial charge in [-0.3, -0.25) is 9.78 Å². The number of aromatic nitrogens is 1. The summed E-state index contributed by atoms with van der Waals surface area (Å²) in [6.07, 6.45) is 1.61. The molecule has 1 aromatic heterocycles. The Labute approximate surface area is 114 Å². The lowest BCUT2D eigenvalue weighted by atomic mass is 10.3. The summed E-state index contributed by atoms with van der Waals surface area (Å²) in [7, 11) is 5.61. The number of carbonyl (C=O) groups excluding carboxylic acids is 1. The maximum atomic E-state index is 11.4. The maximum Gasteiger partial charge on any atom is 0.269 e. The van der Waals surface area contributed by atoms with Crippen LogP contribution < -0.4 is 10.6 Å². The molecule has 0 bridgehead atoms. The molecule has 1 amide bonds. The molecule has 0 radical (unpaired) electrons. The number of likely N-dealkylation sites (N-methyl/N-ethyl adjacent to an activating group) is 1. The first-order valence-corrected chi connectivity index (χ1v) is 6.28. The Morgan fingerprint density at radius 2 is 2.21 bits per heavy atom. The number of carbonyl (C=O) groups is 1. The minimum absolute atomic E-state index is 0.189. The zero-order valence-corrected chi connectivity index (χ0v) is 11.8. The smallest absolute Gasteiger partial charge is 0.269 e. The predicted octanol–water partition coefficient (Wildman–Crippen LogP) is 0.431. The Morgan fingerprint density at radius 3 is 2.89 bits per heavy atom. The molecule has 0 atom stereocenters. The van der Waals surface area contributed by atoms with Crippen LogP contribution in [-0.4, -0.2) is 63.2 Å². The van der Waals surface area contributed by atoms with Crippen LogP contribution in [0.3, 0.4) is 0 Å². The molecule has 0 aromatic carbocycles. The van der Waals surface area contributed by atoms with E-state index in [-0.39, 0.29) is 5.91 Å². The topological polar surface area (TPSA) is 66.5 Å². The second-order valence-corrected chi connectivity index (χ2v) is 4.35. The summed E-state index contributed by atoms with van der Waals surface area (Å²) in [6, 6.07) is 3.55. The van der Waals surface area contributed by atoms with Crippen molar-refractivity contribution < 1.29 is 9.53 Å². The van der Waals surface area contributed by atoms with Gasteiger partial charge in [0.05, 0.1) is 13.2 Å². The SMILES string of the molecule is CNC(=O)c1cc(NCCOCCN(C)C)ccn1. The van der Waals surface area contributed by atoms with Gasteiger partial charge in [-0.15, -0.1) is 0 Å². The van der Waals surface area contributed by atoms with E-state index in [9.17, 15) is 4.79 Å².